The number of hydrogen-bond donors (Lipinski definition) is 0. The maximum Gasteiger partial charge on any atom is 0.269 e. The van der Waals surface area contributed by atoms with Crippen molar-refractivity contribution in [3.63, 3.8) is 0 Å². The molecule has 0 bridgehead atoms. The fourth-order valence-electron chi connectivity index (χ4n) is 5.28. The first kappa shape index (κ1) is 26.6. The molecule has 39 heavy (non-hydrogen) atoms. The quantitative estimate of drug-likeness (QED) is 0.223. The molecule has 11 heteroatoms. The fourth-order valence-corrected chi connectivity index (χ4v) is 5.64. The normalized spacial score (nSPS) is 15.8. The minimum Gasteiger partial charge on any atom is -0.368 e. The number of nitrogens with zero attached hydrogens (tertiary/aromatic N) is 5. The molecule has 10 nitrogen and oxygen atoms in total. The molecule has 2 fully saturated rings. The van der Waals surface area contributed by atoms with Crippen LogP contribution in [-0.4, -0.2) is 76.2 Å². The Morgan fingerprint density at radius 1 is 1.03 bits per heavy atom. The summed E-state index contributed by atoms with van der Waals surface area (Å²) >= 11 is 3.50. The van der Waals surface area contributed by atoms with Crippen LogP contribution in [-0.2, 0) is 16.1 Å². The van der Waals surface area contributed by atoms with Crippen molar-refractivity contribution in [3.05, 3.63) is 81.5 Å². The van der Waals surface area contributed by atoms with Crippen molar-refractivity contribution in [1.29, 1.82) is 0 Å². The average Bonchev–Trinajstić information content (AvgIpc) is 3.26. The number of likely N-dealkylation sites (tertiary alicyclic amines) is 1. The molecule has 2 saturated heterocycles. The van der Waals surface area contributed by atoms with Gasteiger partial charge in [0.05, 0.1) is 17.0 Å². The molecule has 0 N–H and O–H groups in total. The van der Waals surface area contributed by atoms with E-state index in [0.717, 1.165) is 21.1 Å². The van der Waals surface area contributed by atoms with Gasteiger partial charge >= 0.3 is 0 Å². The second-order valence-corrected chi connectivity index (χ2v) is 10.9. The molecule has 0 unspecified atom stereocenters. The Bertz CT molecular complexity index is 1450. The van der Waals surface area contributed by atoms with Gasteiger partial charge in [0.1, 0.15) is 0 Å². The fraction of sp³-hybridized carbons (Fsp3) is 0.321. The molecular formula is C28H28BrN5O5. The van der Waals surface area contributed by atoms with Crippen molar-refractivity contribution in [2.45, 2.75) is 13.0 Å². The molecule has 2 aliphatic heterocycles. The highest BCUT2D eigenvalue weighted by atomic mass is 79.9. The highest BCUT2D eigenvalue weighted by molar-refractivity contribution is 9.10. The zero-order valence-electron chi connectivity index (χ0n) is 21.3. The molecule has 202 valence electrons. The first-order chi connectivity index (χ1) is 18.7. The zero-order chi connectivity index (χ0) is 27.7. The summed E-state index contributed by atoms with van der Waals surface area (Å²) in [7, 11) is 0. The van der Waals surface area contributed by atoms with Crippen molar-refractivity contribution in [2.24, 2.45) is 5.92 Å². The summed E-state index contributed by atoms with van der Waals surface area (Å²) in [6.45, 7) is 7.02. The van der Waals surface area contributed by atoms with Crippen LogP contribution in [0, 0.1) is 16.0 Å². The van der Waals surface area contributed by atoms with E-state index in [4.69, 9.17) is 0 Å². The number of carbonyl (C=O) groups is 3. The van der Waals surface area contributed by atoms with Gasteiger partial charge in [-0.3, -0.25) is 24.5 Å². The summed E-state index contributed by atoms with van der Waals surface area (Å²) < 4.78 is 2.69. The Hall–Kier alpha value is -3.99. The predicted octanol–water partition coefficient (Wildman–Crippen LogP) is 3.88. The number of hydrogen-bond acceptors (Lipinski definition) is 6. The smallest absolute Gasteiger partial charge is 0.269 e. The van der Waals surface area contributed by atoms with Crippen molar-refractivity contribution in [1.82, 2.24) is 14.4 Å². The maximum absolute atomic E-state index is 13.6. The summed E-state index contributed by atoms with van der Waals surface area (Å²) in [5.74, 6) is -0.00520. The van der Waals surface area contributed by atoms with Crippen LogP contribution < -0.4 is 4.90 Å². The first-order valence-electron chi connectivity index (χ1n) is 12.7. The monoisotopic (exact) mass is 593 g/mol. The van der Waals surface area contributed by atoms with Gasteiger partial charge in [0.25, 0.3) is 11.6 Å². The number of carbonyl (C=O) groups excluding carboxylic acids is 3. The van der Waals surface area contributed by atoms with Gasteiger partial charge in [-0.1, -0.05) is 22.5 Å². The molecule has 0 spiro atoms. The molecule has 1 aromatic heterocycles. The number of halogens is 1. The van der Waals surface area contributed by atoms with E-state index >= 15 is 0 Å². The Morgan fingerprint density at radius 3 is 2.36 bits per heavy atom. The number of nitro benzene ring substituents is 1. The van der Waals surface area contributed by atoms with Crippen LogP contribution in [0.1, 0.15) is 16.8 Å². The van der Waals surface area contributed by atoms with Crippen molar-refractivity contribution < 1.29 is 19.3 Å². The number of anilines is 1. The number of fused-ring (bicyclic) bond motifs is 1. The van der Waals surface area contributed by atoms with Crippen LogP contribution >= 0.6 is 15.9 Å². The Morgan fingerprint density at radius 2 is 1.72 bits per heavy atom. The molecule has 0 saturated carbocycles. The predicted molar refractivity (Wildman–Crippen MR) is 151 cm³/mol. The van der Waals surface area contributed by atoms with Crippen LogP contribution in [0.2, 0.25) is 0 Å². The van der Waals surface area contributed by atoms with E-state index in [9.17, 15) is 24.5 Å². The van der Waals surface area contributed by atoms with Crippen LogP contribution in [0.3, 0.4) is 0 Å². The van der Waals surface area contributed by atoms with Gasteiger partial charge in [-0.2, -0.15) is 0 Å². The van der Waals surface area contributed by atoms with Crippen LogP contribution in [0.5, 0.6) is 0 Å². The molecule has 0 atom stereocenters. The highest BCUT2D eigenvalue weighted by Crippen LogP contribution is 2.28. The van der Waals surface area contributed by atoms with Gasteiger partial charge in [-0.15, -0.1) is 0 Å². The molecule has 3 aromatic rings. The van der Waals surface area contributed by atoms with E-state index in [2.05, 4.69) is 27.4 Å². The average molecular weight is 594 g/mol. The number of non-ortho nitro benzene ring substituents is 1. The van der Waals surface area contributed by atoms with E-state index in [-0.39, 0.29) is 35.7 Å². The summed E-state index contributed by atoms with van der Waals surface area (Å²) in [5, 5.41) is 11.7. The lowest BCUT2D eigenvalue weighted by Gasteiger charge is -2.38. The third-order valence-corrected chi connectivity index (χ3v) is 7.87. The molecule has 5 rings (SSSR count). The standard InChI is InChI=1S/C28H28BrN5O5/c1-2-27(36)33-15-19(16-33)13-23(35)17-32-18-25(24-14-20(29)3-8-26(24)32)28(37)31-11-9-30(10-12-31)21-4-6-22(7-5-21)34(38)39/h2-8,14,18-19H,1,9-13,15-17H2. The third kappa shape index (κ3) is 5.58. The third-order valence-electron chi connectivity index (χ3n) is 7.37. The molecule has 0 radical (unpaired) electrons. The second-order valence-electron chi connectivity index (χ2n) is 9.94. The molecule has 2 amide bonds. The largest absolute Gasteiger partial charge is 0.368 e. The van der Waals surface area contributed by atoms with Crippen LogP contribution in [0.25, 0.3) is 10.9 Å². The number of rotatable bonds is 8. The topological polar surface area (TPSA) is 109 Å². The van der Waals surface area contributed by atoms with Gasteiger partial charge in [0.15, 0.2) is 5.78 Å². The Balaban J connectivity index is 1.26. The molecule has 2 aliphatic rings. The molecular weight excluding hydrogens is 566 g/mol. The van der Waals surface area contributed by atoms with Crippen LogP contribution in [0.15, 0.2) is 65.8 Å². The highest BCUT2D eigenvalue weighted by Gasteiger charge is 2.31. The van der Waals surface area contributed by atoms with E-state index < -0.39 is 4.92 Å². The maximum atomic E-state index is 13.6. The minimum atomic E-state index is -0.421. The number of amides is 2. The van der Waals surface area contributed by atoms with Gasteiger partial charge in [0.2, 0.25) is 5.91 Å². The van der Waals surface area contributed by atoms with Crippen molar-refractivity contribution in [3.8, 4) is 0 Å². The number of benzene rings is 2. The van der Waals surface area contributed by atoms with E-state index in [0.29, 0.717) is 51.3 Å². The van der Waals surface area contributed by atoms with Gasteiger partial charge in [-0.25, -0.2) is 0 Å². The summed E-state index contributed by atoms with van der Waals surface area (Å²) in [4.78, 5) is 54.3. The number of nitro groups is 1. The number of ketones is 1. The van der Waals surface area contributed by atoms with E-state index in [1.165, 1.54) is 18.2 Å². The Labute approximate surface area is 233 Å². The molecule has 0 aliphatic carbocycles. The zero-order valence-corrected chi connectivity index (χ0v) is 22.9. The summed E-state index contributed by atoms with van der Waals surface area (Å²) in [6, 6.07) is 12.1. The Kier molecular flexibility index (Phi) is 7.51. The number of Topliss-reactive ketones (excluding diaryl/α,β-unsaturated/α-hetero) is 1. The second kappa shape index (κ2) is 11.0. The van der Waals surface area contributed by atoms with Crippen LogP contribution in [0.4, 0.5) is 11.4 Å². The molecule has 2 aromatic carbocycles. The number of piperazine rings is 1. The first-order valence-corrected chi connectivity index (χ1v) is 13.5. The molecule has 3 heterocycles. The lowest BCUT2D eigenvalue weighted by molar-refractivity contribution is -0.384. The summed E-state index contributed by atoms with van der Waals surface area (Å²) in [6.07, 6.45) is 3.44. The van der Waals surface area contributed by atoms with E-state index in [1.54, 1.807) is 23.2 Å². The lowest BCUT2D eigenvalue weighted by atomic mass is 9.94. The minimum absolute atomic E-state index is 0.0473. The SMILES string of the molecule is C=CC(=O)N1CC(CC(=O)Cn2cc(C(=O)N3CCN(c4ccc([N+](=O)[O-])cc4)CC3)c3cc(Br)ccc32)C1. The van der Waals surface area contributed by atoms with Gasteiger partial charge in [0, 0.05) is 91.0 Å². The van der Waals surface area contributed by atoms with Gasteiger partial charge in [-0.05, 0) is 36.4 Å². The van der Waals surface area contributed by atoms with E-state index in [1.807, 2.05) is 27.7 Å². The van der Waals surface area contributed by atoms with Crippen molar-refractivity contribution in [2.75, 3.05) is 44.2 Å². The number of aromatic nitrogens is 1. The van der Waals surface area contributed by atoms with Crippen molar-refractivity contribution >= 4 is 55.8 Å². The van der Waals surface area contributed by atoms with Gasteiger partial charge < -0.3 is 19.3 Å². The lowest BCUT2D eigenvalue weighted by Crippen LogP contribution is -2.50. The summed E-state index contributed by atoms with van der Waals surface area (Å²) in [5.41, 5.74) is 2.30.